The molecule has 0 saturated heterocycles. The second-order valence-corrected chi connectivity index (χ2v) is 5.99. The van der Waals surface area contributed by atoms with Crippen LogP contribution in [0.2, 0.25) is 0 Å². The maximum atomic E-state index is 14.9. The Bertz CT molecular complexity index is 996. The predicted molar refractivity (Wildman–Crippen MR) is 88.8 cm³/mol. The first-order chi connectivity index (χ1) is 12.3. The monoisotopic (exact) mass is 365 g/mol. The zero-order chi connectivity index (χ0) is 19.2. The number of rotatable bonds is 5. The Morgan fingerprint density at radius 2 is 2.15 bits per heavy atom. The Labute approximate surface area is 146 Å². The maximum Gasteiger partial charge on any atom is 0.343 e. The van der Waals surface area contributed by atoms with E-state index in [2.05, 4.69) is 4.98 Å². The summed E-state index contributed by atoms with van der Waals surface area (Å²) in [6, 6.07) is 0. The second kappa shape index (κ2) is 6.06. The van der Waals surface area contributed by atoms with Crippen LogP contribution in [-0.2, 0) is 10.3 Å². The number of H-pyrrole nitrogens is 1. The van der Waals surface area contributed by atoms with Crippen molar-refractivity contribution in [1.82, 2.24) is 4.98 Å². The number of nitrogens with one attached hydrogen (secondary N) is 1. The number of halogens is 1. The number of esters is 1. The van der Waals surface area contributed by atoms with Gasteiger partial charge in [-0.2, -0.15) is 0 Å². The highest BCUT2D eigenvalue weighted by atomic mass is 19.1. The number of nitrogens with two attached hydrogens (primary N) is 1. The molecule has 3 N–H and O–H groups in total. The first kappa shape index (κ1) is 17.8. The van der Waals surface area contributed by atoms with Crippen molar-refractivity contribution in [3.8, 4) is 5.75 Å². The van der Waals surface area contributed by atoms with E-state index in [1.807, 2.05) is 0 Å². The number of nitro groups is 1. The van der Waals surface area contributed by atoms with E-state index >= 15 is 0 Å². The van der Waals surface area contributed by atoms with E-state index < -0.39 is 49.9 Å². The van der Waals surface area contributed by atoms with Crippen LogP contribution in [0.4, 0.5) is 10.1 Å². The average Bonchev–Trinajstić information content (AvgIpc) is 3.32. The van der Waals surface area contributed by atoms with Crippen LogP contribution < -0.4 is 15.9 Å². The largest absolute Gasteiger partial charge is 0.492 e. The number of ether oxygens (including phenoxy) is 2. The summed E-state index contributed by atoms with van der Waals surface area (Å²) in [5.74, 6) is -2.31. The quantitative estimate of drug-likeness (QED) is 0.467. The Kier molecular flexibility index (Phi) is 4.15. The highest BCUT2D eigenvalue weighted by molar-refractivity contribution is 6.00. The number of benzene rings is 1. The third-order valence-electron chi connectivity index (χ3n) is 4.37. The van der Waals surface area contributed by atoms with Gasteiger partial charge in [0.05, 0.1) is 29.7 Å². The van der Waals surface area contributed by atoms with E-state index in [0.29, 0.717) is 12.8 Å². The van der Waals surface area contributed by atoms with E-state index in [-0.39, 0.29) is 17.9 Å². The number of nitrogens with zero attached hydrogens (tertiary/aromatic N) is 1. The van der Waals surface area contributed by atoms with Gasteiger partial charge in [-0.15, -0.1) is 0 Å². The number of methoxy groups -OCH3 is 1. The van der Waals surface area contributed by atoms with Gasteiger partial charge in [-0.1, -0.05) is 0 Å². The molecule has 26 heavy (non-hydrogen) atoms. The Morgan fingerprint density at radius 3 is 2.65 bits per heavy atom. The average molecular weight is 365 g/mol. The summed E-state index contributed by atoms with van der Waals surface area (Å²) in [5.41, 5.74) is 2.02. The van der Waals surface area contributed by atoms with E-state index in [4.69, 9.17) is 15.2 Å². The molecule has 138 valence electrons. The van der Waals surface area contributed by atoms with Crippen molar-refractivity contribution in [2.45, 2.75) is 25.3 Å². The smallest absolute Gasteiger partial charge is 0.343 e. The number of aromatic amines is 1. The van der Waals surface area contributed by atoms with Gasteiger partial charge in [-0.05, 0) is 19.8 Å². The molecule has 0 bridgehead atoms. The highest BCUT2D eigenvalue weighted by Crippen LogP contribution is 2.51. The maximum absolute atomic E-state index is 14.9. The zero-order valence-corrected chi connectivity index (χ0v) is 14.1. The summed E-state index contributed by atoms with van der Waals surface area (Å²) in [5, 5.41) is 11.2. The molecule has 1 saturated carbocycles. The van der Waals surface area contributed by atoms with E-state index in [0.717, 1.165) is 6.20 Å². The second-order valence-electron chi connectivity index (χ2n) is 5.99. The summed E-state index contributed by atoms with van der Waals surface area (Å²) >= 11 is 0. The van der Waals surface area contributed by atoms with Crippen molar-refractivity contribution in [3.05, 3.63) is 43.5 Å². The van der Waals surface area contributed by atoms with Crippen LogP contribution in [0, 0.1) is 15.9 Å². The fourth-order valence-corrected chi connectivity index (χ4v) is 2.96. The van der Waals surface area contributed by atoms with Crippen molar-refractivity contribution >= 4 is 22.6 Å². The number of nitro benzene ring substituents is 1. The van der Waals surface area contributed by atoms with Crippen molar-refractivity contribution in [2.75, 3.05) is 13.7 Å². The summed E-state index contributed by atoms with van der Waals surface area (Å²) in [6.07, 6.45) is 1.67. The molecule has 1 aliphatic carbocycles. The minimum absolute atomic E-state index is 0.0162. The van der Waals surface area contributed by atoms with Gasteiger partial charge < -0.3 is 20.2 Å². The van der Waals surface area contributed by atoms with Crippen molar-refractivity contribution < 1.29 is 23.6 Å². The summed E-state index contributed by atoms with van der Waals surface area (Å²) in [7, 11) is 1.17. The van der Waals surface area contributed by atoms with Crippen molar-refractivity contribution in [2.24, 2.45) is 5.73 Å². The highest BCUT2D eigenvalue weighted by Gasteiger charge is 2.49. The number of hydrogen-bond acceptors (Lipinski definition) is 7. The lowest BCUT2D eigenvalue weighted by atomic mass is 9.97. The molecule has 1 aromatic heterocycles. The number of carbonyl (C=O) groups is 1. The standard InChI is InChI=1S/C16H16FN3O6/c1-3-26-15(22)7-6-19-11-8(13(7)21)12(20(23)24)9(16(18)4-5-16)10(17)14(11)25-2/h6H,3-5,18H2,1-2H3,(H,19,21). The zero-order valence-electron chi connectivity index (χ0n) is 14.1. The molecule has 2 aromatic rings. The normalized spacial score (nSPS) is 14.9. The molecule has 0 amide bonds. The fourth-order valence-electron chi connectivity index (χ4n) is 2.96. The van der Waals surface area contributed by atoms with Crippen molar-refractivity contribution in [1.29, 1.82) is 0 Å². The lowest BCUT2D eigenvalue weighted by molar-refractivity contribution is -0.384. The molecule has 1 aromatic carbocycles. The molecule has 3 rings (SSSR count). The van der Waals surface area contributed by atoms with Gasteiger partial charge in [0, 0.05) is 6.20 Å². The van der Waals surface area contributed by atoms with Gasteiger partial charge in [0.15, 0.2) is 11.6 Å². The minimum Gasteiger partial charge on any atom is -0.492 e. The van der Waals surface area contributed by atoms with Gasteiger partial charge in [0.2, 0.25) is 5.43 Å². The lowest BCUT2D eigenvalue weighted by Crippen LogP contribution is -2.25. The molecule has 0 unspecified atom stereocenters. The van der Waals surface area contributed by atoms with Gasteiger partial charge in [-0.25, -0.2) is 9.18 Å². The number of hydrogen-bond donors (Lipinski definition) is 2. The number of carbonyl (C=O) groups excluding carboxylic acids is 1. The molecule has 0 atom stereocenters. The molecule has 1 heterocycles. The van der Waals surface area contributed by atoms with Crippen LogP contribution in [-0.4, -0.2) is 29.6 Å². The number of fused-ring (bicyclic) bond motifs is 1. The third kappa shape index (κ3) is 2.49. The predicted octanol–water partition coefficient (Wildman–Crippen LogP) is 1.71. The van der Waals surface area contributed by atoms with Crippen LogP contribution >= 0.6 is 0 Å². The van der Waals surface area contributed by atoms with Gasteiger partial charge in [0.1, 0.15) is 16.5 Å². The number of pyridine rings is 1. The Balaban J connectivity index is 2.50. The van der Waals surface area contributed by atoms with Gasteiger partial charge in [0.25, 0.3) is 5.69 Å². The molecule has 1 fully saturated rings. The first-order valence-corrected chi connectivity index (χ1v) is 7.82. The SMILES string of the molecule is CCOC(=O)c1c[nH]c2c(OC)c(F)c(C3(N)CC3)c([N+](=O)[O-])c2c1=O. The summed E-state index contributed by atoms with van der Waals surface area (Å²) < 4.78 is 24.8. The summed E-state index contributed by atoms with van der Waals surface area (Å²) in [6.45, 7) is 1.57. The fraction of sp³-hybridized carbons (Fsp3) is 0.375. The van der Waals surface area contributed by atoms with Crippen LogP contribution in [0.25, 0.3) is 10.9 Å². The summed E-state index contributed by atoms with van der Waals surface area (Å²) in [4.78, 5) is 38.1. The Morgan fingerprint density at radius 1 is 1.50 bits per heavy atom. The third-order valence-corrected chi connectivity index (χ3v) is 4.37. The topological polar surface area (TPSA) is 138 Å². The molecule has 0 spiro atoms. The van der Waals surface area contributed by atoms with Crippen LogP contribution in [0.15, 0.2) is 11.0 Å². The van der Waals surface area contributed by atoms with Gasteiger partial charge in [-0.3, -0.25) is 14.9 Å². The number of aromatic nitrogens is 1. The molecule has 9 nitrogen and oxygen atoms in total. The van der Waals surface area contributed by atoms with E-state index in [1.54, 1.807) is 6.92 Å². The minimum atomic E-state index is -1.25. The van der Waals surface area contributed by atoms with Crippen molar-refractivity contribution in [3.63, 3.8) is 0 Å². The molecule has 1 aliphatic rings. The molecule has 10 heteroatoms. The molecular weight excluding hydrogens is 349 g/mol. The van der Waals surface area contributed by atoms with Gasteiger partial charge >= 0.3 is 5.97 Å². The molecular formula is C16H16FN3O6. The Hall–Kier alpha value is -3.01. The lowest BCUT2D eigenvalue weighted by Gasteiger charge is -2.16. The van der Waals surface area contributed by atoms with Crippen LogP contribution in [0.3, 0.4) is 0 Å². The molecule has 0 aliphatic heterocycles. The van der Waals surface area contributed by atoms with Crippen LogP contribution in [0.5, 0.6) is 5.75 Å². The van der Waals surface area contributed by atoms with Crippen LogP contribution in [0.1, 0.15) is 35.7 Å². The van der Waals surface area contributed by atoms with E-state index in [1.165, 1.54) is 7.11 Å². The molecule has 0 radical (unpaired) electrons. The van der Waals surface area contributed by atoms with E-state index in [9.17, 15) is 24.1 Å². The first-order valence-electron chi connectivity index (χ1n) is 7.82.